The molecule has 90 valence electrons. The van der Waals surface area contributed by atoms with Gasteiger partial charge in [-0.2, -0.15) is 0 Å². The molecular weight excluding hydrogens is 240 g/mol. The summed E-state index contributed by atoms with van der Waals surface area (Å²) in [5.41, 5.74) is 0.422. The second-order valence-electron chi connectivity index (χ2n) is 3.45. The van der Waals surface area contributed by atoms with Crippen molar-refractivity contribution in [2.45, 2.75) is 6.10 Å². The summed E-state index contributed by atoms with van der Waals surface area (Å²) in [6.07, 6.45) is -1.32. The number of thiophene rings is 1. The van der Waals surface area contributed by atoms with E-state index in [1.54, 1.807) is 17.4 Å². The quantitative estimate of drug-likeness (QED) is 0.850. The molecule has 17 heavy (non-hydrogen) atoms. The summed E-state index contributed by atoms with van der Waals surface area (Å²) in [6, 6.07) is 5.43. The Morgan fingerprint density at radius 2 is 2.12 bits per heavy atom. The van der Waals surface area contributed by atoms with Crippen molar-refractivity contribution in [2.75, 3.05) is 14.2 Å². The van der Waals surface area contributed by atoms with Crippen molar-refractivity contribution < 1.29 is 19.4 Å². The lowest BCUT2D eigenvalue weighted by molar-refractivity contribution is -0.150. The number of aliphatic hydroxyl groups excluding tert-OH is 1. The predicted octanol–water partition coefficient (Wildman–Crippen LogP) is 2.12. The number of carbonyl (C=O) groups is 1. The molecule has 2 rings (SSSR count). The fourth-order valence-corrected chi connectivity index (χ4v) is 2.50. The van der Waals surface area contributed by atoms with E-state index in [2.05, 4.69) is 4.74 Å². The molecule has 0 bridgehead atoms. The zero-order chi connectivity index (χ0) is 12.4. The van der Waals surface area contributed by atoms with E-state index in [4.69, 9.17) is 4.74 Å². The predicted molar refractivity (Wildman–Crippen MR) is 65.4 cm³/mol. The number of hydrogen-bond donors (Lipinski definition) is 1. The maximum absolute atomic E-state index is 11.3. The molecule has 0 amide bonds. The second-order valence-corrected chi connectivity index (χ2v) is 4.39. The monoisotopic (exact) mass is 252 g/mol. The van der Waals surface area contributed by atoms with Crippen LogP contribution in [0.4, 0.5) is 0 Å². The van der Waals surface area contributed by atoms with Gasteiger partial charge in [-0.15, -0.1) is 11.3 Å². The molecule has 0 aliphatic heterocycles. The SMILES string of the molecule is COC(=O)C(O)c1ccc2sccc2c1OC. The highest BCUT2D eigenvalue weighted by molar-refractivity contribution is 7.17. The standard InChI is InChI=1S/C12H12O4S/c1-15-11-7-5-6-17-9(7)4-3-8(11)10(13)12(14)16-2/h3-6,10,13H,1-2H3. The van der Waals surface area contributed by atoms with Crippen molar-refractivity contribution >= 4 is 27.4 Å². The Hall–Kier alpha value is -1.59. The van der Waals surface area contributed by atoms with Crippen LogP contribution in [0.5, 0.6) is 5.75 Å². The first-order chi connectivity index (χ1) is 8.19. The molecule has 5 heteroatoms. The van der Waals surface area contributed by atoms with Gasteiger partial charge in [-0.05, 0) is 17.5 Å². The van der Waals surface area contributed by atoms with Gasteiger partial charge in [-0.25, -0.2) is 4.79 Å². The van der Waals surface area contributed by atoms with E-state index < -0.39 is 12.1 Å². The first kappa shape index (κ1) is 11.9. The third-order valence-corrected chi connectivity index (χ3v) is 3.42. The highest BCUT2D eigenvalue weighted by Gasteiger charge is 2.23. The lowest BCUT2D eigenvalue weighted by Gasteiger charge is -2.13. The molecule has 2 aromatic rings. The van der Waals surface area contributed by atoms with Crippen molar-refractivity contribution in [1.29, 1.82) is 0 Å². The third-order valence-electron chi connectivity index (χ3n) is 2.54. The minimum Gasteiger partial charge on any atom is -0.496 e. The molecule has 0 saturated carbocycles. The van der Waals surface area contributed by atoms with Gasteiger partial charge in [0.05, 0.1) is 14.2 Å². The number of carbonyl (C=O) groups excluding carboxylic acids is 1. The summed E-state index contributed by atoms with van der Waals surface area (Å²) in [5, 5.41) is 12.7. The van der Waals surface area contributed by atoms with Gasteiger partial charge in [-0.3, -0.25) is 0 Å². The number of methoxy groups -OCH3 is 2. The molecule has 0 fully saturated rings. The molecule has 1 atom stereocenters. The summed E-state index contributed by atoms with van der Waals surface area (Å²) in [6.45, 7) is 0. The van der Waals surface area contributed by atoms with Crippen LogP contribution in [0.15, 0.2) is 23.6 Å². The number of hydrogen-bond acceptors (Lipinski definition) is 5. The number of ether oxygens (including phenoxy) is 2. The van der Waals surface area contributed by atoms with Crippen LogP contribution in [0.1, 0.15) is 11.7 Å². The van der Waals surface area contributed by atoms with Crippen molar-refractivity contribution in [3.8, 4) is 5.75 Å². The zero-order valence-corrected chi connectivity index (χ0v) is 10.3. The van der Waals surface area contributed by atoms with Gasteiger partial charge in [0, 0.05) is 15.6 Å². The van der Waals surface area contributed by atoms with Crippen LogP contribution in [0, 0.1) is 0 Å². The van der Waals surface area contributed by atoms with Gasteiger partial charge in [0.25, 0.3) is 0 Å². The third kappa shape index (κ3) is 1.99. The summed E-state index contributed by atoms with van der Waals surface area (Å²) in [5.74, 6) is -0.181. The maximum atomic E-state index is 11.3. The molecule has 1 heterocycles. The molecule has 1 N–H and O–H groups in total. The minimum atomic E-state index is -1.32. The Kier molecular flexibility index (Phi) is 3.31. The average molecular weight is 252 g/mol. The largest absolute Gasteiger partial charge is 0.496 e. The highest BCUT2D eigenvalue weighted by Crippen LogP contribution is 2.36. The Morgan fingerprint density at radius 3 is 2.76 bits per heavy atom. The number of rotatable bonds is 3. The van der Waals surface area contributed by atoms with Crippen molar-refractivity contribution in [3.63, 3.8) is 0 Å². The molecule has 4 nitrogen and oxygen atoms in total. The highest BCUT2D eigenvalue weighted by atomic mass is 32.1. The van der Waals surface area contributed by atoms with Gasteiger partial charge in [0.2, 0.25) is 0 Å². The van der Waals surface area contributed by atoms with Crippen molar-refractivity contribution in [3.05, 3.63) is 29.1 Å². The van der Waals surface area contributed by atoms with Gasteiger partial charge in [0.15, 0.2) is 6.10 Å². The molecule has 0 saturated heterocycles. The van der Waals surface area contributed by atoms with E-state index in [0.29, 0.717) is 11.3 Å². The molecule has 1 aromatic heterocycles. The summed E-state index contributed by atoms with van der Waals surface area (Å²) in [7, 11) is 2.75. The molecule has 0 aliphatic carbocycles. The fraction of sp³-hybridized carbons (Fsp3) is 0.250. The van der Waals surface area contributed by atoms with Crippen LogP contribution >= 0.6 is 11.3 Å². The van der Waals surface area contributed by atoms with Crippen molar-refractivity contribution in [2.24, 2.45) is 0 Å². The van der Waals surface area contributed by atoms with Crippen LogP contribution < -0.4 is 4.74 Å². The lowest BCUT2D eigenvalue weighted by Crippen LogP contribution is -2.14. The first-order valence-electron chi connectivity index (χ1n) is 4.99. The first-order valence-corrected chi connectivity index (χ1v) is 5.87. The minimum absolute atomic E-state index is 0.422. The molecular formula is C12H12O4S. The van der Waals surface area contributed by atoms with Gasteiger partial charge in [0.1, 0.15) is 5.75 Å². The zero-order valence-electron chi connectivity index (χ0n) is 9.47. The van der Waals surface area contributed by atoms with E-state index in [-0.39, 0.29) is 0 Å². The molecule has 0 aliphatic rings. The van der Waals surface area contributed by atoms with Gasteiger partial charge in [-0.1, -0.05) is 6.07 Å². The van der Waals surface area contributed by atoms with E-state index in [1.165, 1.54) is 14.2 Å². The van der Waals surface area contributed by atoms with Gasteiger partial charge < -0.3 is 14.6 Å². The molecule has 1 aromatic carbocycles. The van der Waals surface area contributed by atoms with Crippen LogP contribution in [0.2, 0.25) is 0 Å². The van der Waals surface area contributed by atoms with Crippen LogP contribution in [0.25, 0.3) is 10.1 Å². The fourth-order valence-electron chi connectivity index (χ4n) is 1.72. The topological polar surface area (TPSA) is 55.8 Å². The summed E-state index contributed by atoms with van der Waals surface area (Å²) < 4.78 is 10.8. The molecule has 1 unspecified atom stereocenters. The molecule has 0 radical (unpaired) electrons. The Labute approximate surface area is 102 Å². The number of aliphatic hydroxyl groups is 1. The van der Waals surface area contributed by atoms with E-state index in [9.17, 15) is 9.90 Å². The Bertz CT molecular complexity index is 546. The van der Waals surface area contributed by atoms with Crippen LogP contribution in [-0.2, 0) is 9.53 Å². The number of esters is 1. The number of fused-ring (bicyclic) bond motifs is 1. The van der Waals surface area contributed by atoms with E-state index in [1.807, 2.05) is 17.5 Å². The second kappa shape index (κ2) is 4.73. The molecule has 0 spiro atoms. The Morgan fingerprint density at radius 1 is 1.35 bits per heavy atom. The summed E-state index contributed by atoms with van der Waals surface area (Å²) >= 11 is 1.57. The smallest absolute Gasteiger partial charge is 0.339 e. The van der Waals surface area contributed by atoms with E-state index >= 15 is 0 Å². The number of benzene rings is 1. The van der Waals surface area contributed by atoms with Gasteiger partial charge >= 0.3 is 5.97 Å². The van der Waals surface area contributed by atoms with E-state index in [0.717, 1.165) is 10.1 Å². The summed E-state index contributed by atoms with van der Waals surface area (Å²) in [4.78, 5) is 11.3. The average Bonchev–Trinajstić information content (AvgIpc) is 2.83. The Balaban J connectivity index is 2.56. The van der Waals surface area contributed by atoms with Crippen LogP contribution in [-0.4, -0.2) is 25.3 Å². The maximum Gasteiger partial charge on any atom is 0.339 e. The lowest BCUT2D eigenvalue weighted by atomic mass is 10.1. The van der Waals surface area contributed by atoms with Crippen molar-refractivity contribution in [1.82, 2.24) is 0 Å². The van der Waals surface area contributed by atoms with Crippen LogP contribution in [0.3, 0.4) is 0 Å². The normalized spacial score (nSPS) is 12.4.